The van der Waals surface area contributed by atoms with E-state index in [4.69, 9.17) is 4.74 Å². The number of amides is 1. The van der Waals surface area contributed by atoms with Crippen LogP contribution >= 0.6 is 0 Å². The van der Waals surface area contributed by atoms with Crippen LogP contribution < -0.4 is 10.1 Å². The number of ether oxygens (including phenoxy) is 1. The van der Waals surface area contributed by atoms with E-state index in [2.05, 4.69) is 26.4 Å². The fourth-order valence-corrected chi connectivity index (χ4v) is 6.34. The van der Waals surface area contributed by atoms with E-state index in [1.165, 1.54) is 12.0 Å². The maximum absolute atomic E-state index is 13.1. The molecule has 1 aliphatic heterocycles. The van der Waals surface area contributed by atoms with Crippen molar-refractivity contribution in [3.05, 3.63) is 53.3 Å². The van der Waals surface area contributed by atoms with Crippen LogP contribution in [0, 0.1) is 5.92 Å². The lowest BCUT2D eigenvalue weighted by atomic mass is 9.84. The monoisotopic (exact) mass is 537 g/mol. The lowest BCUT2D eigenvalue weighted by Gasteiger charge is -2.34. The second kappa shape index (κ2) is 10.8. The van der Waals surface area contributed by atoms with Gasteiger partial charge in [-0.3, -0.25) is 9.48 Å². The second-order valence-electron chi connectivity index (χ2n) is 11.6. The highest BCUT2D eigenvalue weighted by Gasteiger charge is 2.47. The first-order chi connectivity index (χ1) is 18.8. The predicted molar refractivity (Wildman–Crippen MR) is 145 cm³/mol. The van der Waals surface area contributed by atoms with Crippen LogP contribution in [0.4, 0.5) is 8.78 Å². The zero-order valence-electron chi connectivity index (χ0n) is 22.5. The summed E-state index contributed by atoms with van der Waals surface area (Å²) in [5.41, 5.74) is 3.82. The first kappa shape index (κ1) is 26.2. The van der Waals surface area contributed by atoms with Crippen molar-refractivity contribution >= 4 is 16.8 Å². The normalized spacial score (nSPS) is 23.6. The number of carbonyl (C=O) groups is 1. The van der Waals surface area contributed by atoms with Gasteiger partial charge in [-0.05, 0) is 68.7 Å². The fourth-order valence-electron chi connectivity index (χ4n) is 6.34. The highest BCUT2D eigenvalue weighted by Crippen LogP contribution is 2.39. The van der Waals surface area contributed by atoms with Crippen LogP contribution in [0.25, 0.3) is 10.9 Å². The topological polar surface area (TPSA) is 72.3 Å². The molecule has 3 heterocycles. The molecule has 0 saturated heterocycles. The van der Waals surface area contributed by atoms with Gasteiger partial charge in [0.2, 0.25) is 5.88 Å². The Balaban J connectivity index is 0.939. The molecule has 9 heteroatoms. The molecule has 0 atom stereocenters. The lowest BCUT2D eigenvalue weighted by molar-refractivity contribution is -0.135. The van der Waals surface area contributed by atoms with Gasteiger partial charge in [0.1, 0.15) is 6.10 Å². The number of fused-ring (bicyclic) bond motifs is 2. The molecule has 2 saturated carbocycles. The molecule has 1 N–H and O–H groups in total. The van der Waals surface area contributed by atoms with Crippen molar-refractivity contribution in [1.82, 2.24) is 25.0 Å². The van der Waals surface area contributed by atoms with Gasteiger partial charge in [0.05, 0.1) is 11.1 Å². The van der Waals surface area contributed by atoms with Crippen molar-refractivity contribution in [2.24, 2.45) is 13.0 Å². The van der Waals surface area contributed by atoms with Crippen LogP contribution in [-0.2, 0) is 19.9 Å². The number of alkyl halides is 2. The molecular weight excluding hydrogens is 500 g/mol. The molecule has 2 fully saturated rings. The number of aromatic nitrogens is 3. The number of hydrogen-bond acceptors (Lipinski definition) is 5. The molecule has 7 nitrogen and oxygen atoms in total. The smallest absolute Gasteiger partial charge is 0.255 e. The Labute approximate surface area is 227 Å². The summed E-state index contributed by atoms with van der Waals surface area (Å²) in [5.74, 6) is -1.43. The summed E-state index contributed by atoms with van der Waals surface area (Å²) in [7, 11) is 1.87. The Hall–Kier alpha value is -3.07. The number of carbonyl (C=O) groups excluding carboxylic acids is 1. The number of benzene rings is 1. The molecule has 2 aliphatic carbocycles. The Morgan fingerprint density at radius 1 is 1.10 bits per heavy atom. The van der Waals surface area contributed by atoms with Crippen LogP contribution in [0.5, 0.6) is 5.88 Å². The molecule has 0 spiro atoms. The van der Waals surface area contributed by atoms with Crippen molar-refractivity contribution < 1.29 is 18.3 Å². The number of halogens is 2. The van der Waals surface area contributed by atoms with Gasteiger partial charge < -0.3 is 15.0 Å². The average molecular weight is 538 g/mol. The summed E-state index contributed by atoms with van der Waals surface area (Å²) in [6, 6.07) is 9.82. The minimum Gasteiger partial charge on any atom is -0.474 e. The summed E-state index contributed by atoms with van der Waals surface area (Å²) < 4.78 is 33.7. The van der Waals surface area contributed by atoms with E-state index >= 15 is 0 Å². The van der Waals surface area contributed by atoms with Gasteiger partial charge in [0.25, 0.3) is 11.8 Å². The predicted octanol–water partition coefficient (Wildman–Crippen LogP) is 4.92. The average Bonchev–Trinajstić information content (AvgIpc) is 3.16. The van der Waals surface area contributed by atoms with E-state index in [9.17, 15) is 13.6 Å². The van der Waals surface area contributed by atoms with Gasteiger partial charge in [-0.1, -0.05) is 12.1 Å². The second-order valence-corrected chi connectivity index (χ2v) is 11.6. The summed E-state index contributed by atoms with van der Waals surface area (Å²) >= 11 is 0. The standard InChI is InChI=1S/C30H37F2N5O2/c1-36-19-25-24(3-2-4-27(25)35-36)29(38)33-22-8-5-20(6-9-22)11-14-37-15-12-21-7-10-28(34-26(21)13-16-37)39-23-17-30(31,32)18-23/h2-4,7,10,19-20,22-23H,5-6,8-9,11-18H2,1H3,(H,33,38)/t20-,22-. The molecule has 1 amide bonds. The van der Waals surface area contributed by atoms with Crippen LogP contribution in [0.3, 0.4) is 0 Å². The van der Waals surface area contributed by atoms with Crippen molar-refractivity contribution in [3.8, 4) is 5.88 Å². The number of nitrogens with zero attached hydrogens (tertiary/aromatic N) is 4. The van der Waals surface area contributed by atoms with E-state index in [0.717, 1.165) is 74.8 Å². The van der Waals surface area contributed by atoms with Crippen molar-refractivity contribution in [1.29, 1.82) is 0 Å². The molecule has 0 unspecified atom stereocenters. The molecule has 3 aromatic rings. The van der Waals surface area contributed by atoms with Gasteiger partial charge in [-0.25, -0.2) is 13.8 Å². The van der Waals surface area contributed by atoms with Crippen LogP contribution in [0.15, 0.2) is 36.5 Å². The van der Waals surface area contributed by atoms with E-state index in [1.54, 1.807) is 4.68 Å². The quantitative estimate of drug-likeness (QED) is 0.463. The molecule has 3 aliphatic rings. The Morgan fingerprint density at radius 3 is 2.69 bits per heavy atom. The third-order valence-corrected chi connectivity index (χ3v) is 8.69. The van der Waals surface area contributed by atoms with Crippen molar-refractivity contribution in [2.45, 2.75) is 75.9 Å². The molecule has 1 aromatic carbocycles. The molecule has 2 aromatic heterocycles. The first-order valence-corrected chi connectivity index (χ1v) is 14.3. The Bertz CT molecular complexity index is 1330. The highest BCUT2D eigenvalue weighted by atomic mass is 19.3. The Kier molecular flexibility index (Phi) is 7.27. The van der Waals surface area contributed by atoms with E-state index in [0.29, 0.717) is 17.4 Å². The summed E-state index contributed by atoms with van der Waals surface area (Å²) in [4.78, 5) is 20.2. The lowest BCUT2D eigenvalue weighted by Crippen LogP contribution is -2.43. The van der Waals surface area contributed by atoms with Crippen molar-refractivity contribution in [2.75, 3.05) is 19.6 Å². The minimum atomic E-state index is -2.58. The van der Waals surface area contributed by atoms with E-state index in [1.807, 2.05) is 37.5 Å². The Morgan fingerprint density at radius 2 is 1.90 bits per heavy atom. The number of pyridine rings is 1. The molecular formula is C30H37F2N5O2. The molecule has 208 valence electrons. The van der Waals surface area contributed by atoms with Crippen molar-refractivity contribution in [3.63, 3.8) is 0 Å². The highest BCUT2D eigenvalue weighted by molar-refractivity contribution is 6.06. The molecule has 39 heavy (non-hydrogen) atoms. The van der Waals surface area contributed by atoms with Crippen LogP contribution in [-0.4, -0.2) is 63.3 Å². The number of rotatable bonds is 7. The summed E-state index contributed by atoms with van der Waals surface area (Å²) in [5, 5.41) is 8.58. The van der Waals surface area contributed by atoms with Gasteiger partial charge >= 0.3 is 0 Å². The van der Waals surface area contributed by atoms with E-state index < -0.39 is 12.0 Å². The van der Waals surface area contributed by atoms with Gasteiger partial charge in [-0.2, -0.15) is 5.10 Å². The fraction of sp³-hybridized carbons (Fsp3) is 0.567. The zero-order chi connectivity index (χ0) is 27.0. The molecule has 0 bridgehead atoms. The third kappa shape index (κ3) is 6.08. The maximum atomic E-state index is 13.1. The molecule has 0 radical (unpaired) electrons. The van der Waals surface area contributed by atoms with Gasteiger partial charge in [0, 0.05) is 68.8 Å². The maximum Gasteiger partial charge on any atom is 0.255 e. The van der Waals surface area contributed by atoms with Crippen LogP contribution in [0.1, 0.15) is 66.6 Å². The van der Waals surface area contributed by atoms with Gasteiger partial charge in [0.15, 0.2) is 0 Å². The first-order valence-electron chi connectivity index (χ1n) is 14.3. The SMILES string of the molecule is Cn1cc2c(C(=O)N[C@H]3CC[C@H](CCN4CCc5ccc(OC6CC(F)(F)C6)nc5CC4)CC3)cccc2n1. The van der Waals surface area contributed by atoms with Gasteiger partial charge in [-0.15, -0.1) is 0 Å². The number of hydrogen-bond donors (Lipinski definition) is 1. The minimum absolute atomic E-state index is 0.00558. The zero-order valence-corrected chi connectivity index (χ0v) is 22.5. The summed E-state index contributed by atoms with van der Waals surface area (Å²) in [6.07, 6.45) is 8.35. The number of aryl methyl sites for hydroxylation is 1. The largest absolute Gasteiger partial charge is 0.474 e. The third-order valence-electron chi connectivity index (χ3n) is 8.69. The summed E-state index contributed by atoms with van der Waals surface area (Å²) in [6.45, 7) is 3.03. The number of nitrogens with one attached hydrogen (secondary N) is 1. The van der Waals surface area contributed by atoms with Crippen LogP contribution in [0.2, 0.25) is 0 Å². The molecule has 6 rings (SSSR count). The van der Waals surface area contributed by atoms with E-state index in [-0.39, 0.29) is 24.8 Å².